The van der Waals surface area contributed by atoms with E-state index >= 15 is 0 Å². The van der Waals surface area contributed by atoms with Crippen molar-refractivity contribution < 1.29 is 14.3 Å². The van der Waals surface area contributed by atoms with Gasteiger partial charge in [0.1, 0.15) is 11.5 Å². The topological polar surface area (TPSA) is 63.3 Å². The van der Waals surface area contributed by atoms with E-state index in [1.54, 1.807) is 14.2 Å². The van der Waals surface area contributed by atoms with Crippen LogP contribution in [0.2, 0.25) is 0 Å². The van der Waals surface area contributed by atoms with Crippen LogP contribution in [0.1, 0.15) is 16.8 Å². The van der Waals surface area contributed by atoms with Crippen LogP contribution in [0.5, 0.6) is 11.5 Å². The van der Waals surface area contributed by atoms with E-state index in [0.717, 1.165) is 45.6 Å². The van der Waals surface area contributed by atoms with Gasteiger partial charge in [0, 0.05) is 23.1 Å². The Kier molecular flexibility index (Phi) is 5.46. The van der Waals surface area contributed by atoms with Crippen LogP contribution in [0.3, 0.4) is 0 Å². The van der Waals surface area contributed by atoms with Gasteiger partial charge in [-0.25, -0.2) is 0 Å². The average Bonchev–Trinajstić information content (AvgIpc) is 2.96. The maximum atomic E-state index is 12.4. The number of aromatic amines is 1. The molecule has 0 fully saturated rings. The average molecular weight is 352 g/mol. The van der Waals surface area contributed by atoms with E-state index in [-0.39, 0.29) is 5.91 Å². The highest BCUT2D eigenvalue weighted by Crippen LogP contribution is 2.26. The standard InChI is InChI=1S/C21H24N2O3/c1-14-18(19-12-17(26-3)7-8-20(19)23-14)13-21(24)22-10-9-15-5-4-6-16(11-15)25-2/h4-8,11-12,23H,9-10,13H2,1-3H3,(H,22,24). The molecule has 5 nitrogen and oxygen atoms in total. The summed E-state index contributed by atoms with van der Waals surface area (Å²) in [6.07, 6.45) is 1.11. The van der Waals surface area contributed by atoms with E-state index < -0.39 is 0 Å². The van der Waals surface area contributed by atoms with Crippen molar-refractivity contribution in [2.24, 2.45) is 0 Å². The molecule has 0 aliphatic heterocycles. The van der Waals surface area contributed by atoms with Crippen LogP contribution in [0.4, 0.5) is 0 Å². The Balaban J connectivity index is 1.63. The highest BCUT2D eigenvalue weighted by atomic mass is 16.5. The number of carbonyl (C=O) groups excluding carboxylic acids is 1. The van der Waals surface area contributed by atoms with Gasteiger partial charge >= 0.3 is 0 Å². The number of rotatable bonds is 7. The number of methoxy groups -OCH3 is 2. The number of aryl methyl sites for hydroxylation is 1. The molecule has 2 aromatic carbocycles. The lowest BCUT2D eigenvalue weighted by molar-refractivity contribution is -0.120. The van der Waals surface area contributed by atoms with Gasteiger partial charge < -0.3 is 19.8 Å². The molecular weight excluding hydrogens is 328 g/mol. The number of benzene rings is 2. The normalized spacial score (nSPS) is 10.7. The van der Waals surface area contributed by atoms with E-state index in [2.05, 4.69) is 10.3 Å². The number of aromatic nitrogens is 1. The number of hydrogen-bond donors (Lipinski definition) is 2. The lowest BCUT2D eigenvalue weighted by Gasteiger charge is -2.07. The summed E-state index contributed by atoms with van der Waals surface area (Å²) in [5, 5.41) is 4.03. The number of hydrogen-bond acceptors (Lipinski definition) is 3. The fraction of sp³-hybridized carbons (Fsp3) is 0.286. The predicted octanol–water partition coefficient (Wildman–Crippen LogP) is 3.39. The highest BCUT2D eigenvalue weighted by Gasteiger charge is 2.13. The third kappa shape index (κ3) is 3.99. The maximum absolute atomic E-state index is 12.4. The molecule has 3 rings (SSSR count). The zero-order valence-electron chi connectivity index (χ0n) is 15.4. The molecule has 26 heavy (non-hydrogen) atoms. The summed E-state index contributed by atoms with van der Waals surface area (Å²) < 4.78 is 10.5. The van der Waals surface area contributed by atoms with Crippen molar-refractivity contribution in [2.75, 3.05) is 20.8 Å². The Hall–Kier alpha value is -2.95. The first kappa shape index (κ1) is 17.9. The SMILES string of the molecule is COc1cccc(CCNC(=O)Cc2c(C)[nH]c3ccc(OC)cc23)c1. The molecular formula is C21H24N2O3. The van der Waals surface area contributed by atoms with Gasteiger partial charge in [-0.05, 0) is 54.8 Å². The quantitative estimate of drug-likeness (QED) is 0.685. The summed E-state index contributed by atoms with van der Waals surface area (Å²) in [7, 11) is 3.30. The molecule has 0 radical (unpaired) electrons. The van der Waals surface area contributed by atoms with E-state index in [1.165, 1.54) is 0 Å². The highest BCUT2D eigenvalue weighted by molar-refractivity contribution is 5.91. The lowest BCUT2D eigenvalue weighted by atomic mass is 10.1. The van der Waals surface area contributed by atoms with Crippen molar-refractivity contribution in [3.05, 3.63) is 59.3 Å². The number of ether oxygens (including phenoxy) is 2. The summed E-state index contributed by atoms with van der Waals surface area (Å²) in [4.78, 5) is 15.7. The zero-order chi connectivity index (χ0) is 18.5. The van der Waals surface area contributed by atoms with Crippen molar-refractivity contribution in [2.45, 2.75) is 19.8 Å². The predicted molar refractivity (Wildman–Crippen MR) is 103 cm³/mol. The van der Waals surface area contributed by atoms with Crippen molar-refractivity contribution in [3.8, 4) is 11.5 Å². The molecule has 1 amide bonds. The third-order valence-electron chi connectivity index (χ3n) is 4.53. The molecule has 1 heterocycles. The Morgan fingerprint density at radius 3 is 2.62 bits per heavy atom. The van der Waals surface area contributed by atoms with Crippen molar-refractivity contribution >= 4 is 16.8 Å². The van der Waals surface area contributed by atoms with Crippen LogP contribution in [-0.4, -0.2) is 31.7 Å². The Morgan fingerprint density at radius 1 is 1.08 bits per heavy atom. The summed E-state index contributed by atoms with van der Waals surface area (Å²) in [5.41, 5.74) is 4.18. The largest absolute Gasteiger partial charge is 0.497 e. The molecule has 0 aliphatic rings. The summed E-state index contributed by atoms with van der Waals surface area (Å²) >= 11 is 0. The molecule has 136 valence electrons. The van der Waals surface area contributed by atoms with Crippen molar-refractivity contribution in [1.82, 2.24) is 10.3 Å². The molecule has 0 atom stereocenters. The van der Waals surface area contributed by atoms with Gasteiger partial charge in [0.25, 0.3) is 0 Å². The number of fused-ring (bicyclic) bond motifs is 1. The van der Waals surface area contributed by atoms with Crippen molar-refractivity contribution in [3.63, 3.8) is 0 Å². The first-order valence-electron chi connectivity index (χ1n) is 8.65. The van der Waals surface area contributed by atoms with Gasteiger partial charge in [0.15, 0.2) is 0 Å². The van der Waals surface area contributed by atoms with Gasteiger partial charge in [-0.1, -0.05) is 12.1 Å². The molecule has 0 unspecified atom stereocenters. The second-order valence-electron chi connectivity index (χ2n) is 6.27. The zero-order valence-corrected chi connectivity index (χ0v) is 15.4. The smallest absolute Gasteiger partial charge is 0.224 e. The fourth-order valence-electron chi connectivity index (χ4n) is 3.11. The van der Waals surface area contributed by atoms with Crippen LogP contribution in [-0.2, 0) is 17.6 Å². The number of H-pyrrole nitrogens is 1. The minimum Gasteiger partial charge on any atom is -0.497 e. The Bertz CT molecular complexity index is 915. The van der Waals surface area contributed by atoms with Gasteiger partial charge in [0.05, 0.1) is 20.6 Å². The molecule has 2 N–H and O–H groups in total. The number of nitrogens with one attached hydrogen (secondary N) is 2. The first-order valence-corrected chi connectivity index (χ1v) is 8.65. The Morgan fingerprint density at radius 2 is 1.85 bits per heavy atom. The van der Waals surface area contributed by atoms with Gasteiger partial charge in [0.2, 0.25) is 5.91 Å². The minimum absolute atomic E-state index is 0.0136. The lowest BCUT2D eigenvalue weighted by Crippen LogP contribution is -2.27. The minimum atomic E-state index is 0.0136. The van der Waals surface area contributed by atoms with Crippen LogP contribution < -0.4 is 14.8 Å². The maximum Gasteiger partial charge on any atom is 0.224 e. The summed E-state index contributed by atoms with van der Waals surface area (Å²) in [6, 6.07) is 13.8. The molecule has 0 bridgehead atoms. The van der Waals surface area contributed by atoms with E-state index in [9.17, 15) is 4.79 Å². The molecule has 3 aromatic rings. The summed E-state index contributed by atoms with van der Waals surface area (Å²) in [6.45, 7) is 2.59. The fourth-order valence-corrected chi connectivity index (χ4v) is 3.11. The molecule has 0 spiro atoms. The second-order valence-corrected chi connectivity index (χ2v) is 6.27. The second kappa shape index (κ2) is 7.95. The van der Waals surface area contributed by atoms with Crippen LogP contribution in [0.25, 0.3) is 10.9 Å². The summed E-state index contributed by atoms with van der Waals surface area (Å²) in [5.74, 6) is 1.63. The monoisotopic (exact) mass is 352 g/mol. The van der Waals surface area contributed by atoms with Gasteiger partial charge in [-0.3, -0.25) is 4.79 Å². The molecule has 5 heteroatoms. The van der Waals surface area contributed by atoms with Gasteiger partial charge in [-0.2, -0.15) is 0 Å². The van der Waals surface area contributed by atoms with Crippen molar-refractivity contribution in [1.29, 1.82) is 0 Å². The number of amides is 1. The first-order chi connectivity index (χ1) is 12.6. The number of carbonyl (C=O) groups is 1. The van der Waals surface area contributed by atoms with E-state index in [0.29, 0.717) is 13.0 Å². The van der Waals surface area contributed by atoms with Crippen LogP contribution >= 0.6 is 0 Å². The van der Waals surface area contributed by atoms with E-state index in [4.69, 9.17) is 9.47 Å². The molecule has 0 saturated heterocycles. The van der Waals surface area contributed by atoms with E-state index in [1.807, 2.05) is 49.4 Å². The Labute approximate surface area is 153 Å². The van der Waals surface area contributed by atoms with Gasteiger partial charge in [-0.15, -0.1) is 0 Å². The van der Waals surface area contributed by atoms with Crippen LogP contribution in [0.15, 0.2) is 42.5 Å². The molecule has 0 aliphatic carbocycles. The van der Waals surface area contributed by atoms with Crippen LogP contribution in [0, 0.1) is 6.92 Å². The molecule has 1 aromatic heterocycles. The third-order valence-corrected chi connectivity index (χ3v) is 4.53. The molecule has 0 saturated carbocycles.